The van der Waals surface area contributed by atoms with Gasteiger partial charge in [0.2, 0.25) is 5.91 Å². The van der Waals surface area contributed by atoms with E-state index in [1.54, 1.807) is 30.7 Å². The van der Waals surface area contributed by atoms with Crippen LogP contribution in [0.3, 0.4) is 0 Å². The second kappa shape index (κ2) is 7.23. The van der Waals surface area contributed by atoms with Gasteiger partial charge in [-0.1, -0.05) is 24.3 Å². The fourth-order valence-corrected chi connectivity index (χ4v) is 3.62. The number of benzene rings is 2. The van der Waals surface area contributed by atoms with Crippen LogP contribution in [0.25, 0.3) is 28.0 Å². The second-order valence-electron chi connectivity index (χ2n) is 7.41. The van der Waals surface area contributed by atoms with E-state index >= 15 is 0 Å². The minimum atomic E-state index is -0.492. The summed E-state index contributed by atoms with van der Waals surface area (Å²) in [7, 11) is 0. The Morgan fingerprint density at radius 3 is 2.73 bits per heavy atom. The highest BCUT2D eigenvalue weighted by molar-refractivity contribution is 5.94. The molecule has 0 saturated heterocycles. The van der Waals surface area contributed by atoms with Crippen LogP contribution in [0, 0.1) is 0 Å². The van der Waals surface area contributed by atoms with Crippen LogP contribution >= 0.6 is 0 Å². The van der Waals surface area contributed by atoms with Crippen molar-refractivity contribution in [3.63, 3.8) is 0 Å². The quantitative estimate of drug-likeness (QED) is 0.531. The van der Waals surface area contributed by atoms with Crippen molar-refractivity contribution >= 4 is 16.9 Å². The van der Waals surface area contributed by atoms with Crippen molar-refractivity contribution in [1.82, 2.24) is 19.5 Å². The summed E-state index contributed by atoms with van der Waals surface area (Å²) in [4.78, 5) is 25.2. The van der Waals surface area contributed by atoms with Crippen LogP contribution in [0.4, 0.5) is 0 Å². The second-order valence-corrected chi connectivity index (χ2v) is 7.41. The minimum absolute atomic E-state index is 0.0245. The molecule has 1 aliphatic rings. The molecule has 1 aliphatic carbocycles. The molecule has 0 unspecified atom stereocenters. The van der Waals surface area contributed by atoms with E-state index in [2.05, 4.69) is 9.97 Å². The van der Waals surface area contributed by atoms with Crippen LogP contribution in [0.1, 0.15) is 23.2 Å². The number of primary amides is 1. The van der Waals surface area contributed by atoms with Gasteiger partial charge in [0.05, 0.1) is 11.0 Å². The number of amides is 1. The fraction of sp³-hybridized carbons (Fsp3) is 0.182. The number of para-hydroxylation sites is 2. The number of hydrogen-bond donors (Lipinski definition) is 2. The molecule has 8 nitrogen and oxygen atoms in total. The molecule has 8 heteroatoms. The molecule has 5 rings (SSSR count). The van der Waals surface area contributed by atoms with E-state index in [4.69, 9.17) is 21.2 Å². The van der Waals surface area contributed by atoms with E-state index in [1.165, 1.54) is 0 Å². The van der Waals surface area contributed by atoms with E-state index in [0.717, 1.165) is 35.0 Å². The van der Waals surface area contributed by atoms with E-state index in [9.17, 15) is 4.79 Å². The summed E-state index contributed by atoms with van der Waals surface area (Å²) in [5.74, 6) is 0.118. The Morgan fingerprint density at radius 1 is 1.10 bits per heavy atom. The summed E-state index contributed by atoms with van der Waals surface area (Å²) < 4.78 is 7.81. The van der Waals surface area contributed by atoms with Gasteiger partial charge in [-0.2, -0.15) is 4.98 Å². The SMILES string of the molecule is NC(=O)c1cccc(-c2cnc(OC3CC(N)C3)nc2-n2cnc3ccccc32)c1. The van der Waals surface area contributed by atoms with E-state index in [0.29, 0.717) is 11.4 Å². The summed E-state index contributed by atoms with van der Waals surface area (Å²) in [6, 6.07) is 15.3. The van der Waals surface area contributed by atoms with Gasteiger partial charge in [-0.15, -0.1) is 0 Å². The highest BCUT2D eigenvalue weighted by Crippen LogP contribution is 2.30. The average Bonchev–Trinajstić information content (AvgIpc) is 3.17. The molecule has 4 N–H and O–H groups in total. The first-order chi connectivity index (χ1) is 14.6. The number of ether oxygens (including phenoxy) is 1. The molecule has 0 spiro atoms. The number of rotatable bonds is 5. The molecular formula is C22H20N6O2. The Hall–Kier alpha value is -3.78. The third kappa shape index (κ3) is 3.27. The van der Waals surface area contributed by atoms with Crippen molar-refractivity contribution in [1.29, 1.82) is 0 Å². The highest BCUT2D eigenvalue weighted by Gasteiger charge is 2.29. The molecule has 150 valence electrons. The largest absolute Gasteiger partial charge is 0.460 e. The summed E-state index contributed by atoms with van der Waals surface area (Å²) in [5, 5.41) is 0. The molecule has 0 atom stereocenters. The minimum Gasteiger partial charge on any atom is -0.460 e. The molecule has 30 heavy (non-hydrogen) atoms. The first-order valence-corrected chi connectivity index (χ1v) is 9.70. The van der Waals surface area contributed by atoms with Crippen LogP contribution in [-0.2, 0) is 0 Å². The molecular weight excluding hydrogens is 380 g/mol. The number of nitrogens with zero attached hydrogens (tertiary/aromatic N) is 4. The van der Waals surface area contributed by atoms with Crippen LogP contribution in [-0.4, -0.2) is 37.6 Å². The average molecular weight is 400 g/mol. The maximum Gasteiger partial charge on any atom is 0.318 e. The predicted molar refractivity (Wildman–Crippen MR) is 112 cm³/mol. The molecule has 0 radical (unpaired) electrons. The Morgan fingerprint density at radius 2 is 1.93 bits per heavy atom. The fourth-order valence-electron chi connectivity index (χ4n) is 3.62. The number of imidazole rings is 1. The number of fused-ring (bicyclic) bond motifs is 1. The smallest absolute Gasteiger partial charge is 0.318 e. The number of carbonyl (C=O) groups excluding carboxylic acids is 1. The van der Waals surface area contributed by atoms with E-state index in [-0.39, 0.29) is 18.2 Å². The lowest BCUT2D eigenvalue weighted by molar-refractivity contribution is 0.0904. The van der Waals surface area contributed by atoms with E-state index in [1.807, 2.05) is 34.9 Å². The van der Waals surface area contributed by atoms with Crippen LogP contribution in [0.2, 0.25) is 0 Å². The number of carbonyl (C=O) groups is 1. The van der Waals surface area contributed by atoms with Gasteiger partial charge in [0.1, 0.15) is 12.4 Å². The molecule has 1 amide bonds. The van der Waals surface area contributed by atoms with Crippen LogP contribution < -0.4 is 16.2 Å². The summed E-state index contributed by atoms with van der Waals surface area (Å²) in [6.45, 7) is 0. The molecule has 0 bridgehead atoms. The standard InChI is InChI=1S/C22H20N6O2/c23-15-9-16(10-15)30-22-25-11-17(13-4-3-5-14(8-13)20(24)29)21(27-22)28-12-26-18-6-1-2-7-19(18)28/h1-8,11-12,15-16H,9-10,23H2,(H2,24,29). The number of nitrogens with two attached hydrogens (primary N) is 2. The zero-order valence-corrected chi connectivity index (χ0v) is 16.1. The molecule has 1 fully saturated rings. The molecule has 1 saturated carbocycles. The number of aromatic nitrogens is 4. The lowest BCUT2D eigenvalue weighted by Gasteiger charge is -2.31. The van der Waals surface area contributed by atoms with Crippen molar-refractivity contribution in [2.45, 2.75) is 25.0 Å². The van der Waals surface area contributed by atoms with Crippen molar-refractivity contribution in [2.75, 3.05) is 0 Å². The number of hydrogen-bond acceptors (Lipinski definition) is 6. The van der Waals surface area contributed by atoms with Crippen LogP contribution in [0.15, 0.2) is 61.1 Å². The third-order valence-electron chi connectivity index (χ3n) is 5.29. The van der Waals surface area contributed by atoms with Crippen LogP contribution in [0.5, 0.6) is 6.01 Å². The molecule has 2 aromatic carbocycles. The Kier molecular flexibility index (Phi) is 4.40. The van der Waals surface area contributed by atoms with Gasteiger partial charge in [0.15, 0.2) is 5.82 Å². The monoisotopic (exact) mass is 400 g/mol. The van der Waals surface area contributed by atoms with Crippen molar-refractivity contribution < 1.29 is 9.53 Å². The Balaban J connectivity index is 1.64. The first kappa shape index (κ1) is 18.3. The van der Waals surface area contributed by atoms with Gasteiger partial charge in [-0.05, 0) is 42.7 Å². The normalized spacial score (nSPS) is 18.2. The molecule has 4 aromatic rings. The van der Waals surface area contributed by atoms with Crippen molar-refractivity contribution in [2.24, 2.45) is 11.5 Å². The molecule has 2 heterocycles. The maximum absolute atomic E-state index is 11.7. The zero-order chi connectivity index (χ0) is 20.7. The summed E-state index contributed by atoms with van der Waals surface area (Å²) in [6.07, 6.45) is 5.02. The zero-order valence-electron chi connectivity index (χ0n) is 16.1. The predicted octanol–water partition coefficient (Wildman–Crippen LogP) is 2.45. The molecule has 0 aliphatic heterocycles. The summed E-state index contributed by atoms with van der Waals surface area (Å²) in [5.41, 5.74) is 15.0. The van der Waals surface area contributed by atoms with Gasteiger partial charge in [-0.3, -0.25) is 9.36 Å². The maximum atomic E-state index is 11.7. The Bertz CT molecular complexity index is 1250. The van der Waals surface area contributed by atoms with Gasteiger partial charge >= 0.3 is 6.01 Å². The first-order valence-electron chi connectivity index (χ1n) is 9.70. The summed E-state index contributed by atoms with van der Waals surface area (Å²) >= 11 is 0. The topological polar surface area (TPSA) is 122 Å². The van der Waals surface area contributed by atoms with E-state index < -0.39 is 5.91 Å². The lowest BCUT2D eigenvalue weighted by Crippen LogP contribution is -2.43. The third-order valence-corrected chi connectivity index (χ3v) is 5.29. The Labute approximate surface area is 172 Å². The molecule has 2 aromatic heterocycles. The van der Waals surface area contributed by atoms with Crippen molar-refractivity contribution in [3.8, 4) is 23.0 Å². The highest BCUT2D eigenvalue weighted by atomic mass is 16.5. The van der Waals surface area contributed by atoms with Gasteiger partial charge in [0, 0.05) is 23.4 Å². The van der Waals surface area contributed by atoms with Gasteiger partial charge in [0.25, 0.3) is 0 Å². The van der Waals surface area contributed by atoms with Gasteiger partial charge in [-0.25, -0.2) is 9.97 Å². The van der Waals surface area contributed by atoms with Gasteiger partial charge < -0.3 is 16.2 Å². The van der Waals surface area contributed by atoms with Crippen molar-refractivity contribution in [3.05, 3.63) is 66.6 Å². The lowest BCUT2D eigenvalue weighted by atomic mass is 9.90.